The number of benzene rings is 2. The molecule has 0 radical (unpaired) electrons. The van der Waals surface area contributed by atoms with Gasteiger partial charge in [-0.1, -0.05) is 6.07 Å². The molecule has 4 N–H and O–H groups in total. The molecule has 1 heterocycles. The van der Waals surface area contributed by atoms with Gasteiger partial charge in [-0.3, -0.25) is 10.1 Å². The Bertz CT molecular complexity index is 1370. The number of halogens is 1. The van der Waals surface area contributed by atoms with Gasteiger partial charge >= 0.3 is 12.0 Å². The second-order valence-corrected chi connectivity index (χ2v) is 8.00. The van der Waals surface area contributed by atoms with Gasteiger partial charge in [0.15, 0.2) is 5.78 Å². The van der Waals surface area contributed by atoms with Gasteiger partial charge in [0.25, 0.3) is 0 Å². The van der Waals surface area contributed by atoms with Crippen molar-refractivity contribution < 1.29 is 23.5 Å². The van der Waals surface area contributed by atoms with E-state index in [1.165, 1.54) is 43.5 Å². The summed E-state index contributed by atoms with van der Waals surface area (Å²) in [6.07, 6.45) is 1.69. The summed E-state index contributed by atoms with van der Waals surface area (Å²) in [5.41, 5.74) is 6.66. The maximum absolute atomic E-state index is 14.9. The van der Waals surface area contributed by atoms with Crippen molar-refractivity contribution in [2.24, 2.45) is 0 Å². The van der Waals surface area contributed by atoms with Gasteiger partial charge in [-0.05, 0) is 55.8 Å². The topological polar surface area (TPSA) is 147 Å². The fraction of sp³-hybridized carbons (Fsp3) is 0.160. The number of carbonyl (C=O) groups is 3. The molecule has 10 heteroatoms. The highest BCUT2D eigenvalue weighted by atomic mass is 19.1. The lowest BCUT2D eigenvalue weighted by Gasteiger charge is -2.15. The first-order valence-electron chi connectivity index (χ1n) is 10.6. The molecule has 4 rings (SSSR count). The molecular weight excluding hydrogens is 453 g/mol. The maximum atomic E-state index is 14.9. The molecule has 2 atom stereocenters. The number of anilines is 2. The van der Waals surface area contributed by atoms with Crippen molar-refractivity contribution >= 4 is 29.3 Å². The number of aromatic nitrogens is 1. The lowest BCUT2D eigenvalue weighted by molar-refractivity contribution is 0.0730. The van der Waals surface area contributed by atoms with E-state index in [0.717, 1.165) is 6.07 Å². The second-order valence-electron chi connectivity index (χ2n) is 8.00. The van der Waals surface area contributed by atoms with Crippen LogP contribution in [-0.4, -0.2) is 28.8 Å². The van der Waals surface area contributed by atoms with E-state index in [4.69, 9.17) is 15.7 Å². The zero-order valence-electron chi connectivity index (χ0n) is 18.5. The van der Waals surface area contributed by atoms with E-state index in [1.807, 2.05) is 6.07 Å². The van der Waals surface area contributed by atoms with Crippen LogP contribution in [0, 0.1) is 17.1 Å². The molecule has 1 aliphatic rings. The Morgan fingerprint density at radius 3 is 2.66 bits per heavy atom. The summed E-state index contributed by atoms with van der Waals surface area (Å²) in [6, 6.07) is 12.4. The number of amides is 2. The summed E-state index contributed by atoms with van der Waals surface area (Å²) < 4.78 is 20.5. The normalized spacial score (nSPS) is 16.0. The van der Waals surface area contributed by atoms with Crippen LogP contribution in [0.2, 0.25) is 0 Å². The zero-order valence-corrected chi connectivity index (χ0v) is 18.5. The molecule has 3 aromatic rings. The highest BCUT2D eigenvalue weighted by molar-refractivity contribution is 6.00. The summed E-state index contributed by atoms with van der Waals surface area (Å²) in [5, 5.41) is 14.1. The highest BCUT2D eigenvalue weighted by Gasteiger charge is 2.44. The number of ketones is 1. The van der Waals surface area contributed by atoms with E-state index in [2.05, 4.69) is 15.6 Å². The second kappa shape index (κ2) is 9.61. The number of urea groups is 1. The van der Waals surface area contributed by atoms with Crippen molar-refractivity contribution in [3.63, 3.8) is 0 Å². The Hall–Kier alpha value is -4.78. The number of Topliss-reactive ketones (excluding diaryl/α,β-unsaturated/α-hetero) is 1. The molecule has 1 saturated carbocycles. The number of nitriles is 1. The molecule has 2 amide bonds. The average molecular weight is 473 g/mol. The van der Waals surface area contributed by atoms with Gasteiger partial charge in [0, 0.05) is 29.4 Å². The minimum absolute atomic E-state index is 0.0387. The van der Waals surface area contributed by atoms with Gasteiger partial charge in [-0.2, -0.15) is 5.26 Å². The van der Waals surface area contributed by atoms with Gasteiger partial charge in [-0.25, -0.2) is 19.0 Å². The highest BCUT2D eigenvalue weighted by Crippen LogP contribution is 2.47. The Morgan fingerprint density at radius 2 is 2.00 bits per heavy atom. The molecule has 35 heavy (non-hydrogen) atoms. The standard InChI is InChI=1S/C25H20FN5O4/c1-13(32)17-6-7-19(26)22(23(17)35-24(33)15-3-2-4-16(28)9-15)18-10-20(18)30-25(34)31-21-8-5-14(11-27)12-29-21/h2-9,12,18,20H,10,28H2,1H3,(H2,29,30,31,34)/t18-,20+/m0/s1. The van der Waals surface area contributed by atoms with Crippen molar-refractivity contribution in [2.75, 3.05) is 11.1 Å². The summed E-state index contributed by atoms with van der Waals surface area (Å²) in [4.78, 5) is 41.3. The number of nitrogens with two attached hydrogens (primary N) is 1. The molecule has 0 saturated heterocycles. The lowest BCUT2D eigenvalue weighted by Crippen LogP contribution is -2.31. The first-order valence-corrected chi connectivity index (χ1v) is 10.6. The molecule has 0 unspecified atom stereocenters. The SMILES string of the molecule is CC(=O)c1ccc(F)c([C@H]2C[C@H]2NC(=O)Nc2ccc(C#N)cn2)c1OC(=O)c1cccc(N)c1. The van der Waals surface area contributed by atoms with Crippen molar-refractivity contribution in [1.82, 2.24) is 10.3 Å². The Kier molecular flexibility index (Phi) is 6.42. The Balaban J connectivity index is 1.54. The monoisotopic (exact) mass is 473 g/mol. The Morgan fingerprint density at radius 1 is 1.20 bits per heavy atom. The van der Waals surface area contributed by atoms with E-state index < -0.39 is 35.6 Å². The van der Waals surface area contributed by atoms with Crippen LogP contribution < -0.4 is 21.1 Å². The van der Waals surface area contributed by atoms with Crippen molar-refractivity contribution in [3.8, 4) is 11.8 Å². The maximum Gasteiger partial charge on any atom is 0.343 e. The van der Waals surface area contributed by atoms with Gasteiger partial charge in [0.2, 0.25) is 0 Å². The van der Waals surface area contributed by atoms with Gasteiger partial charge in [0.1, 0.15) is 23.5 Å². The predicted octanol–water partition coefficient (Wildman–Crippen LogP) is 3.77. The summed E-state index contributed by atoms with van der Waals surface area (Å²) in [7, 11) is 0. The van der Waals surface area contributed by atoms with Gasteiger partial charge in [-0.15, -0.1) is 0 Å². The number of nitrogen functional groups attached to an aromatic ring is 1. The van der Waals surface area contributed by atoms with E-state index in [9.17, 15) is 18.8 Å². The third-order valence-corrected chi connectivity index (χ3v) is 5.45. The number of pyridine rings is 1. The van der Waals surface area contributed by atoms with E-state index in [1.54, 1.807) is 12.1 Å². The fourth-order valence-corrected chi connectivity index (χ4v) is 3.65. The number of carbonyl (C=O) groups excluding carboxylic acids is 3. The average Bonchev–Trinajstić information content (AvgIpc) is 3.57. The Labute approximate surface area is 199 Å². The molecule has 0 bridgehead atoms. The first-order chi connectivity index (χ1) is 16.8. The van der Waals surface area contributed by atoms with Crippen LogP contribution >= 0.6 is 0 Å². The van der Waals surface area contributed by atoms with Crippen LogP contribution in [0.3, 0.4) is 0 Å². The van der Waals surface area contributed by atoms with E-state index in [0.29, 0.717) is 17.7 Å². The van der Waals surface area contributed by atoms with Crippen LogP contribution in [0.15, 0.2) is 54.7 Å². The third-order valence-electron chi connectivity index (χ3n) is 5.45. The molecule has 1 aromatic heterocycles. The quantitative estimate of drug-likeness (QED) is 0.214. The van der Waals surface area contributed by atoms with E-state index in [-0.39, 0.29) is 28.3 Å². The van der Waals surface area contributed by atoms with Crippen LogP contribution in [0.25, 0.3) is 0 Å². The lowest BCUT2D eigenvalue weighted by atomic mass is 10.0. The number of hydrogen-bond donors (Lipinski definition) is 3. The van der Waals surface area contributed by atoms with E-state index >= 15 is 0 Å². The van der Waals surface area contributed by atoms with Crippen LogP contribution in [0.4, 0.5) is 20.7 Å². The number of hydrogen-bond acceptors (Lipinski definition) is 7. The summed E-state index contributed by atoms with van der Waals surface area (Å²) >= 11 is 0. The predicted molar refractivity (Wildman–Crippen MR) is 124 cm³/mol. The number of esters is 1. The molecular formula is C25H20FN5O4. The third kappa shape index (κ3) is 5.25. The number of ether oxygens (including phenoxy) is 1. The molecule has 2 aromatic carbocycles. The van der Waals surface area contributed by atoms with Crippen LogP contribution in [0.1, 0.15) is 51.1 Å². The number of nitrogens with one attached hydrogen (secondary N) is 2. The van der Waals surface area contributed by atoms with Gasteiger partial charge < -0.3 is 15.8 Å². The number of rotatable bonds is 6. The van der Waals surface area contributed by atoms with Gasteiger partial charge in [0.05, 0.1) is 16.7 Å². The summed E-state index contributed by atoms with van der Waals surface area (Å²) in [6.45, 7) is 1.29. The molecule has 176 valence electrons. The zero-order chi connectivity index (χ0) is 25.1. The van der Waals surface area contributed by atoms with Crippen molar-refractivity contribution in [3.05, 3.63) is 82.8 Å². The summed E-state index contributed by atoms with van der Waals surface area (Å²) in [5.74, 6) is -2.31. The van der Waals surface area contributed by atoms with Crippen LogP contribution in [-0.2, 0) is 0 Å². The molecule has 1 fully saturated rings. The van der Waals surface area contributed by atoms with Crippen molar-refractivity contribution in [1.29, 1.82) is 5.26 Å². The molecule has 0 aliphatic heterocycles. The fourth-order valence-electron chi connectivity index (χ4n) is 3.65. The molecule has 0 spiro atoms. The number of nitrogens with zero attached hydrogens (tertiary/aromatic N) is 2. The van der Waals surface area contributed by atoms with Crippen LogP contribution in [0.5, 0.6) is 5.75 Å². The molecule has 1 aliphatic carbocycles. The minimum Gasteiger partial charge on any atom is -0.422 e. The van der Waals surface area contributed by atoms with Crippen molar-refractivity contribution in [2.45, 2.75) is 25.3 Å². The smallest absolute Gasteiger partial charge is 0.343 e. The first kappa shape index (κ1) is 23.4. The largest absolute Gasteiger partial charge is 0.422 e. The molecule has 9 nitrogen and oxygen atoms in total. The minimum atomic E-state index is -0.790.